The van der Waals surface area contributed by atoms with Crippen LogP contribution in [0.1, 0.15) is 16.8 Å². The van der Waals surface area contributed by atoms with Crippen molar-refractivity contribution in [3.8, 4) is 11.4 Å². The first-order valence-corrected chi connectivity index (χ1v) is 7.37. The fraction of sp³-hybridized carbons (Fsp3) is 0.158. The Bertz CT molecular complexity index is 775. The number of nitrogens with two attached hydrogens (primary N) is 1. The van der Waals surface area contributed by atoms with Crippen LogP contribution in [0, 0.1) is 13.8 Å². The minimum Gasteiger partial charge on any atom is -0.487 e. The number of nitrogens with zero attached hydrogens (tertiary/aromatic N) is 1. The van der Waals surface area contributed by atoms with Crippen LogP contribution in [0.5, 0.6) is 5.75 Å². The Hall–Kier alpha value is -2.68. The van der Waals surface area contributed by atoms with Gasteiger partial charge in [0.15, 0.2) is 0 Å². The number of nitrogen functional groups attached to an aromatic ring is 1. The smallest absolute Gasteiger partial charge is 0.143 e. The Morgan fingerprint density at radius 3 is 2.36 bits per heavy atom. The van der Waals surface area contributed by atoms with E-state index in [1.54, 1.807) is 0 Å². The molecule has 1 heterocycles. The highest BCUT2D eigenvalue weighted by Gasteiger charge is 2.13. The summed E-state index contributed by atoms with van der Waals surface area (Å²) in [5, 5.41) is 0. The fourth-order valence-electron chi connectivity index (χ4n) is 2.65. The van der Waals surface area contributed by atoms with Gasteiger partial charge in [0.25, 0.3) is 0 Å². The van der Waals surface area contributed by atoms with E-state index >= 15 is 0 Å². The minimum atomic E-state index is 0.566. The maximum atomic E-state index is 6.08. The second-order valence-corrected chi connectivity index (χ2v) is 5.43. The summed E-state index contributed by atoms with van der Waals surface area (Å²) in [6, 6.07) is 18.0. The molecular formula is C19H20N2O. The van der Waals surface area contributed by atoms with E-state index in [-0.39, 0.29) is 0 Å². The molecule has 0 aliphatic heterocycles. The molecule has 0 saturated carbocycles. The normalized spacial score (nSPS) is 10.6. The molecule has 0 fully saturated rings. The summed E-state index contributed by atoms with van der Waals surface area (Å²) >= 11 is 0. The van der Waals surface area contributed by atoms with Gasteiger partial charge in [-0.2, -0.15) is 0 Å². The molecular weight excluding hydrogens is 272 g/mol. The number of aryl methyl sites for hydroxylation is 1. The first-order chi connectivity index (χ1) is 10.7. The van der Waals surface area contributed by atoms with Crippen LogP contribution < -0.4 is 10.5 Å². The average Bonchev–Trinajstić information content (AvgIpc) is 2.81. The van der Waals surface area contributed by atoms with Crippen molar-refractivity contribution in [3.05, 3.63) is 77.6 Å². The maximum Gasteiger partial charge on any atom is 0.143 e. The number of benzene rings is 2. The molecule has 3 aromatic rings. The first kappa shape index (κ1) is 14.3. The highest BCUT2D eigenvalue weighted by molar-refractivity contribution is 5.60. The molecule has 3 nitrogen and oxygen atoms in total. The zero-order chi connectivity index (χ0) is 15.5. The lowest BCUT2D eigenvalue weighted by Gasteiger charge is -2.11. The van der Waals surface area contributed by atoms with Gasteiger partial charge in [-0.05, 0) is 31.5 Å². The predicted molar refractivity (Wildman–Crippen MR) is 90.4 cm³/mol. The van der Waals surface area contributed by atoms with Gasteiger partial charge in [0, 0.05) is 11.8 Å². The molecule has 3 heteroatoms. The summed E-state index contributed by atoms with van der Waals surface area (Å²) in [7, 11) is 0. The molecule has 0 aliphatic carbocycles. The molecule has 0 unspecified atom stereocenters. The number of hydrogen-bond acceptors (Lipinski definition) is 2. The van der Waals surface area contributed by atoms with Crippen molar-refractivity contribution < 1.29 is 4.74 Å². The molecule has 3 rings (SSSR count). The summed E-state index contributed by atoms with van der Waals surface area (Å²) in [6.45, 7) is 4.68. The van der Waals surface area contributed by atoms with Crippen LogP contribution in [0.2, 0.25) is 0 Å². The summed E-state index contributed by atoms with van der Waals surface area (Å²) < 4.78 is 8.12. The molecule has 2 N–H and O–H groups in total. The van der Waals surface area contributed by atoms with Crippen LogP contribution in [0.3, 0.4) is 0 Å². The van der Waals surface area contributed by atoms with Gasteiger partial charge in [-0.3, -0.25) is 0 Å². The second kappa shape index (κ2) is 5.98. The number of hydrogen-bond donors (Lipinski definition) is 1. The largest absolute Gasteiger partial charge is 0.487 e. The molecule has 0 saturated heterocycles. The summed E-state index contributed by atoms with van der Waals surface area (Å²) in [5.41, 5.74) is 11.2. The lowest BCUT2D eigenvalue weighted by molar-refractivity contribution is 0.302. The van der Waals surface area contributed by atoms with Crippen LogP contribution in [-0.4, -0.2) is 4.57 Å². The molecule has 0 amide bonds. The molecule has 0 spiro atoms. The minimum absolute atomic E-state index is 0.566. The van der Waals surface area contributed by atoms with E-state index in [4.69, 9.17) is 10.5 Å². The Morgan fingerprint density at radius 1 is 0.955 bits per heavy atom. The third-order valence-electron chi connectivity index (χ3n) is 3.79. The van der Waals surface area contributed by atoms with Gasteiger partial charge >= 0.3 is 0 Å². The van der Waals surface area contributed by atoms with E-state index in [2.05, 4.69) is 36.7 Å². The van der Waals surface area contributed by atoms with Crippen LogP contribution >= 0.6 is 0 Å². The van der Waals surface area contributed by atoms with E-state index in [9.17, 15) is 0 Å². The molecule has 0 radical (unpaired) electrons. The van der Waals surface area contributed by atoms with E-state index in [0.29, 0.717) is 6.61 Å². The van der Waals surface area contributed by atoms with Crippen LogP contribution in [0.15, 0.2) is 60.8 Å². The molecule has 112 valence electrons. The second-order valence-electron chi connectivity index (χ2n) is 5.43. The van der Waals surface area contributed by atoms with Crippen LogP contribution in [-0.2, 0) is 6.61 Å². The van der Waals surface area contributed by atoms with Gasteiger partial charge in [-0.15, -0.1) is 0 Å². The highest BCUT2D eigenvalue weighted by Crippen LogP contribution is 2.30. The zero-order valence-electron chi connectivity index (χ0n) is 12.9. The SMILES string of the molecule is Cc1cn(-c2ccccc2N)c(C)c1OCc1ccccc1. The standard InChI is InChI=1S/C19H20N2O/c1-14-12-21(18-11-7-6-10-17(18)20)15(2)19(14)22-13-16-8-4-3-5-9-16/h3-12H,13,20H2,1-2H3. The van der Waals surface area contributed by atoms with Gasteiger partial charge in [0.05, 0.1) is 17.1 Å². The molecule has 0 aliphatic rings. The topological polar surface area (TPSA) is 40.2 Å². The molecule has 0 bridgehead atoms. The number of rotatable bonds is 4. The van der Waals surface area contributed by atoms with Gasteiger partial charge in [0.2, 0.25) is 0 Å². The average molecular weight is 292 g/mol. The van der Waals surface area contributed by atoms with Crippen molar-refractivity contribution in [2.45, 2.75) is 20.5 Å². The van der Waals surface area contributed by atoms with Crippen molar-refractivity contribution in [3.63, 3.8) is 0 Å². The molecule has 0 atom stereocenters. The van der Waals surface area contributed by atoms with Gasteiger partial charge in [-0.25, -0.2) is 0 Å². The van der Waals surface area contributed by atoms with E-state index < -0.39 is 0 Å². The lowest BCUT2D eigenvalue weighted by atomic mass is 10.2. The van der Waals surface area contributed by atoms with Crippen LogP contribution in [0.25, 0.3) is 5.69 Å². The van der Waals surface area contributed by atoms with E-state index in [1.807, 2.05) is 42.5 Å². The monoisotopic (exact) mass is 292 g/mol. The van der Waals surface area contributed by atoms with Crippen molar-refractivity contribution in [1.82, 2.24) is 4.57 Å². The van der Waals surface area contributed by atoms with E-state index in [0.717, 1.165) is 33.9 Å². The Balaban J connectivity index is 1.89. The van der Waals surface area contributed by atoms with Crippen molar-refractivity contribution >= 4 is 5.69 Å². The fourth-order valence-corrected chi connectivity index (χ4v) is 2.65. The number of anilines is 1. The third-order valence-corrected chi connectivity index (χ3v) is 3.79. The van der Waals surface area contributed by atoms with E-state index in [1.165, 1.54) is 0 Å². The first-order valence-electron chi connectivity index (χ1n) is 7.37. The van der Waals surface area contributed by atoms with Crippen molar-refractivity contribution in [2.24, 2.45) is 0 Å². The Kier molecular flexibility index (Phi) is 3.88. The molecule has 2 aromatic carbocycles. The Labute approximate surface area is 131 Å². The van der Waals surface area contributed by atoms with Gasteiger partial charge < -0.3 is 15.0 Å². The number of ether oxygens (including phenoxy) is 1. The predicted octanol–water partition coefficient (Wildman–Crippen LogP) is 4.26. The quantitative estimate of drug-likeness (QED) is 0.730. The summed E-state index contributed by atoms with van der Waals surface area (Å²) in [5.74, 6) is 0.923. The highest BCUT2D eigenvalue weighted by atomic mass is 16.5. The van der Waals surface area contributed by atoms with Crippen LogP contribution in [0.4, 0.5) is 5.69 Å². The number of aromatic nitrogens is 1. The summed E-state index contributed by atoms with van der Waals surface area (Å²) in [6.07, 6.45) is 2.07. The Morgan fingerprint density at radius 2 is 1.64 bits per heavy atom. The van der Waals surface area contributed by atoms with Crippen molar-refractivity contribution in [2.75, 3.05) is 5.73 Å². The van der Waals surface area contributed by atoms with Crippen molar-refractivity contribution in [1.29, 1.82) is 0 Å². The van der Waals surface area contributed by atoms with Gasteiger partial charge in [0.1, 0.15) is 12.4 Å². The summed E-state index contributed by atoms with van der Waals surface area (Å²) in [4.78, 5) is 0. The maximum absolute atomic E-state index is 6.08. The molecule has 22 heavy (non-hydrogen) atoms. The number of para-hydroxylation sites is 2. The molecule has 1 aromatic heterocycles. The lowest BCUT2D eigenvalue weighted by Crippen LogP contribution is -2.01. The van der Waals surface area contributed by atoms with Gasteiger partial charge in [-0.1, -0.05) is 42.5 Å². The zero-order valence-corrected chi connectivity index (χ0v) is 12.9. The third kappa shape index (κ3) is 2.70.